The second-order valence-corrected chi connectivity index (χ2v) is 7.19. The van der Waals surface area contributed by atoms with Crippen LogP contribution in [0.2, 0.25) is 0 Å². The summed E-state index contributed by atoms with van der Waals surface area (Å²) in [6.45, 7) is 11.0. The molecule has 1 N–H and O–H groups in total. The van der Waals surface area contributed by atoms with E-state index in [0.717, 1.165) is 12.0 Å². The summed E-state index contributed by atoms with van der Waals surface area (Å²) >= 11 is 0. The number of hydrogen-bond donors (Lipinski definition) is 1. The molecule has 0 aromatic heterocycles. The van der Waals surface area contributed by atoms with Gasteiger partial charge >= 0.3 is 0 Å². The van der Waals surface area contributed by atoms with E-state index in [1.165, 1.54) is 17.7 Å². The molecular weight excluding hydrogens is 292 g/mol. The molecule has 0 radical (unpaired) electrons. The molecule has 0 aliphatic carbocycles. The average Bonchev–Trinajstić information content (AvgIpc) is 2.46. The first-order valence-corrected chi connectivity index (χ1v) is 8.53. The van der Waals surface area contributed by atoms with Crippen molar-refractivity contribution in [2.75, 3.05) is 6.54 Å². The van der Waals surface area contributed by atoms with Crippen molar-refractivity contribution >= 4 is 0 Å². The first kappa shape index (κ1) is 19.8. The van der Waals surface area contributed by atoms with E-state index in [1.54, 1.807) is 0 Å². The quantitative estimate of drug-likeness (QED) is 0.587. The lowest BCUT2D eigenvalue weighted by Crippen LogP contribution is -2.35. The van der Waals surface area contributed by atoms with Crippen LogP contribution in [0.1, 0.15) is 59.4 Å². The number of nitrogens with one attached hydrogen (secondary N) is 1. The minimum absolute atomic E-state index is 0.0861. The van der Waals surface area contributed by atoms with Crippen molar-refractivity contribution in [3.05, 3.63) is 47.3 Å². The van der Waals surface area contributed by atoms with E-state index in [0.29, 0.717) is 19.4 Å². The fourth-order valence-corrected chi connectivity index (χ4v) is 2.79. The fourth-order valence-electron chi connectivity index (χ4n) is 2.79. The molecule has 1 aromatic carbocycles. The van der Waals surface area contributed by atoms with Crippen LogP contribution in [0.15, 0.2) is 35.9 Å². The molecule has 0 fully saturated rings. The highest BCUT2D eigenvalue weighted by atomic mass is 19.1. The second kappa shape index (κ2) is 9.17. The van der Waals surface area contributed by atoms with Gasteiger partial charge in [-0.05, 0) is 62.8 Å². The van der Waals surface area contributed by atoms with Gasteiger partial charge in [0.15, 0.2) is 0 Å². The summed E-state index contributed by atoms with van der Waals surface area (Å²) in [6, 6.07) is 6.90. The highest BCUT2D eigenvalue weighted by Crippen LogP contribution is 2.29. The van der Waals surface area contributed by atoms with Gasteiger partial charge in [-0.15, -0.1) is 0 Å². The number of alkyl halides is 1. The Kier molecular flexibility index (Phi) is 7.90. The van der Waals surface area contributed by atoms with Gasteiger partial charge in [-0.25, -0.2) is 8.78 Å². The molecule has 2 atom stereocenters. The third kappa shape index (κ3) is 7.26. The summed E-state index contributed by atoms with van der Waals surface area (Å²) in [5, 5.41) is 3.46. The number of halogens is 2. The summed E-state index contributed by atoms with van der Waals surface area (Å²) in [5.74, 6) is -0.211. The van der Waals surface area contributed by atoms with Crippen molar-refractivity contribution in [1.29, 1.82) is 0 Å². The molecule has 0 saturated heterocycles. The Balaban J connectivity index is 2.74. The molecule has 3 heteroatoms. The fraction of sp³-hybridized carbons (Fsp3) is 0.600. The van der Waals surface area contributed by atoms with Crippen LogP contribution in [0.25, 0.3) is 0 Å². The molecule has 0 amide bonds. The smallest absolute Gasteiger partial charge is 0.123 e. The van der Waals surface area contributed by atoms with Gasteiger partial charge in [0.25, 0.3) is 0 Å². The van der Waals surface area contributed by atoms with E-state index in [1.807, 2.05) is 19.1 Å². The SMILES string of the molecule is CCC(F)CCNC(C=C(C)C)CC(C)(C)c1ccc(F)cc1. The standard InChI is InChI=1S/C20H31F2N/c1-6-17(21)11-12-23-19(13-15(2)3)14-20(4,5)16-7-9-18(22)10-8-16/h7-10,13,17,19,23H,6,11-12,14H2,1-5H3. The normalized spacial score (nSPS) is 14.4. The van der Waals surface area contributed by atoms with E-state index in [2.05, 4.69) is 39.1 Å². The minimum Gasteiger partial charge on any atom is -0.310 e. The van der Waals surface area contributed by atoms with Crippen LogP contribution in [0, 0.1) is 5.82 Å². The lowest BCUT2D eigenvalue weighted by atomic mass is 9.79. The number of benzene rings is 1. The first-order valence-electron chi connectivity index (χ1n) is 8.53. The zero-order valence-corrected chi connectivity index (χ0v) is 15.1. The molecular formula is C20H31F2N. The Morgan fingerprint density at radius 1 is 1.22 bits per heavy atom. The number of hydrogen-bond acceptors (Lipinski definition) is 1. The van der Waals surface area contributed by atoms with Crippen LogP contribution in [-0.4, -0.2) is 18.8 Å². The van der Waals surface area contributed by atoms with Gasteiger partial charge in [0.05, 0.1) is 0 Å². The van der Waals surface area contributed by atoms with Gasteiger partial charge in [-0.1, -0.05) is 44.6 Å². The summed E-state index contributed by atoms with van der Waals surface area (Å²) in [7, 11) is 0. The maximum absolute atomic E-state index is 13.4. The molecule has 0 aliphatic rings. The molecule has 130 valence electrons. The maximum atomic E-state index is 13.4. The monoisotopic (exact) mass is 323 g/mol. The molecule has 0 spiro atoms. The van der Waals surface area contributed by atoms with E-state index in [9.17, 15) is 8.78 Å². The Labute approximate surface area is 140 Å². The van der Waals surface area contributed by atoms with Crippen LogP contribution < -0.4 is 5.32 Å². The number of allylic oxidation sites excluding steroid dienone is 1. The van der Waals surface area contributed by atoms with E-state index in [4.69, 9.17) is 0 Å². The van der Waals surface area contributed by atoms with Gasteiger partial charge in [0.2, 0.25) is 0 Å². The largest absolute Gasteiger partial charge is 0.310 e. The molecule has 2 unspecified atom stereocenters. The summed E-state index contributed by atoms with van der Waals surface area (Å²) in [5.41, 5.74) is 2.27. The van der Waals surface area contributed by atoms with E-state index in [-0.39, 0.29) is 17.3 Å². The zero-order chi connectivity index (χ0) is 17.5. The topological polar surface area (TPSA) is 12.0 Å². The van der Waals surface area contributed by atoms with Gasteiger partial charge in [-0.2, -0.15) is 0 Å². The average molecular weight is 323 g/mol. The Morgan fingerprint density at radius 2 is 1.83 bits per heavy atom. The van der Waals surface area contributed by atoms with Crippen LogP contribution in [-0.2, 0) is 5.41 Å². The van der Waals surface area contributed by atoms with Gasteiger partial charge in [-0.3, -0.25) is 0 Å². The summed E-state index contributed by atoms with van der Waals surface area (Å²) in [6.07, 6.45) is 3.45. The van der Waals surface area contributed by atoms with Crippen LogP contribution in [0.5, 0.6) is 0 Å². The van der Waals surface area contributed by atoms with Crippen molar-refractivity contribution in [2.24, 2.45) is 0 Å². The highest BCUT2D eigenvalue weighted by Gasteiger charge is 2.24. The molecule has 1 aromatic rings. The first-order chi connectivity index (χ1) is 10.7. The molecule has 0 saturated carbocycles. The van der Waals surface area contributed by atoms with Crippen LogP contribution >= 0.6 is 0 Å². The van der Waals surface area contributed by atoms with Gasteiger partial charge < -0.3 is 5.32 Å². The maximum Gasteiger partial charge on any atom is 0.123 e. The third-order valence-electron chi connectivity index (χ3n) is 4.20. The van der Waals surface area contributed by atoms with Crippen molar-refractivity contribution < 1.29 is 8.78 Å². The predicted octanol–water partition coefficient (Wildman–Crippen LogP) is 5.56. The van der Waals surface area contributed by atoms with Crippen LogP contribution in [0.4, 0.5) is 8.78 Å². The van der Waals surface area contributed by atoms with Gasteiger partial charge in [0.1, 0.15) is 12.0 Å². The van der Waals surface area contributed by atoms with Gasteiger partial charge in [0, 0.05) is 6.04 Å². The Hall–Kier alpha value is -1.22. The van der Waals surface area contributed by atoms with Crippen molar-refractivity contribution in [2.45, 2.75) is 71.5 Å². The van der Waals surface area contributed by atoms with Crippen molar-refractivity contribution in [3.63, 3.8) is 0 Å². The van der Waals surface area contributed by atoms with Crippen molar-refractivity contribution in [3.8, 4) is 0 Å². The third-order valence-corrected chi connectivity index (χ3v) is 4.20. The van der Waals surface area contributed by atoms with E-state index >= 15 is 0 Å². The molecule has 0 aliphatic heterocycles. The zero-order valence-electron chi connectivity index (χ0n) is 15.1. The number of rotatable bonds is 9. The summed E-state index contributed by atoms with van der Waals surface area (Å²) < 4.78 is 26.5. The molecule has 0 heterocycles. The highest BCUT2D eigenvalue weighted by molar-refractivity contribution is 5.25. The Bertz CT molecular complexity index is 487. The molecule has 0 bridgehead atoms. The van der Waals surface area contributed by atoms with Crippen molar-refractivity contribution in [1.82, 2.24) is 5.32 Å². The Morgan fingerprint density at radius 3 is 2.35 bits per heavy atom. The summed E-state index contributed by atoms with van der Waals surface area (Å²) in [4.78, 5) is 0. The molecule has 1 nitrogen and oxygen atoms in total. The molecule has 1 rings (SSSR count). The molecule has 23 heavy (non-hydrogen) atoms. The lowest BCUT2D eigenvalue weighted by molar-refractivity contribution is 0.295. The lowest BCUT2D eigenvalue weighted by Gasteiger charge is -2.30. The second-order valence-electron chi connectivity index (χ2n) is 7.19. The minimum atomic E-state index is -0.736. The van der Waals surface area contributed by atoms with Crippen LogP contribution in [0.3, 0.4) is 0 Å². The van der Waals surface area contributed by atoms with E-state index < -0.39 is 6.17 Å². The predicted molar refractivity (Wildman–Crippen MR) is 95.1 cm³/mol.